The van der Waals surface area contributed by atoms with Gasteiger partial charge in [0.15, 0.2) is 5.82 Å². The smallest absolute Gasteiger partial charge is 0.377 e. The van der Waals surface area contributed by atoms with Gasteiger partial charge in [-0.1, -0.05) is 0 Å². The van der Waals surface area contributed by atoms with Crippen LogP contribution in [0.1, 0.15) is 27.9 Å². The second-order valence-electron chi connectivity index (χ2n) is 3.85. The summed E-state index contributed by atoms with van der Waals surface area (Å²) in [5.41, 5.74) is 6.04. The molecule has 0 aromatic carbocycles. The van der Waals surface area contributed by atoms with E-state index in [4.69, 9.17) is 10.5 Å². The molecule has 0 atom stereocenters. The van der Waals surface area contributed by atoms with E-state index in [2.05, 4.69) is 19.8 Å². The number of ether oxygens (including phenoxy) is 2. The van der Waals surface area contributed by atoms with Gasteiger partial charge in [-0.3, -0.25) is 0 Å². The van der Waals surface area contributed by atoms with Crippen LogP contribution in [0.25, 0.3) is 5.82 Å². The van der Waals surface area contributed by atoms with Gasteiger partial charge in [0, 0.05) is 0 Å². The molecule has 2 aromatic rings. The van der Waals surface area contributed by atoms with E-state index < -0.39 is 11.9 Å². The van der Waals surface area contributed by atoms with Crippen LogP contribution in [0.3, 0.4) is 0 Å². The van der Waals surface area contributed by atoms with E-state index in [0.717, 1.165) is 0 Å². The Kier molecular flexibility index (Phi) is 4.12. The van der Waals surface area contributed by atoms with Gasteiger partial charge in [-0.25, -0.2) is 24.2 Å². The minimum Gasteiger partial charge on any atom is -0.463 e. The number of carbonyl (C=O) groups excluding carboxylic acids is 2. The minimum atomic E-state index is -0.671. The molecule has 9 heteroatoms. The van der Waals surface area contributed by atoms with Crippen LogP contribution in [0.4, 0.5) is 5.69 Å². The zero-order chi connectivity index (χ0) is 15.4. The Hall–Kier alpha value is -2.97. The normalized spacial score (nSPS) is 10.2. The second-order valence-corrected chi connectivity index (χ2v) is 3.85. The molecule has 0 aliphatic heterocycles. The fraction of sp³-hybridized carbons (Fsp3) is 0.250. The van der Waals surface area contributed by atoms with Gasteiger partial charge >= 0.3 is 11.9 Å². The number of nitrogens with zero attached hydrogens (tertiary/aromatic N) is 4. The Morgan fingerprint density at radius 3 is 2.76 bits per heavy atom. The van der Waals surface area contributed by atoms with E-state index in [1.165, 1.54) is 30.4 Å². The Balaban J connectivity index is 2.36. The monoisotopic (exact) mass is 291 g/mol. The van der Waals surface area contributed by atoms with E-state index in [1.807, 2.05) is 0 Å². The van der Waals surface area contributed by atoms with Crippen molar-refractivity contribution in [2.45, 2.75) is 6.92 Å². The van der Waals surface area contributed by atoms with E-state index in [0.29, 0.717) is 0 Å². The number of nitrogen functional groups attached to an aromatic ring is 1. The summed E-state index contributed by atoms with van der Waals surface area (Å²) in [6, 6.07) is 1.41. The van der Waals surface area contributed by atoms with Crippen LogP contribution in [-0.2, 0) is 9.47 Å². The number of aromatic nitrogens is 4. The van der Waals surface area contributed by atoms with Gasteiger partial charge < -0.3 is 15.2 Å². The molecule has 2 N–H and O–H groups in total. The molecule has 0 aliphatic carbocycles. The molecule has 0 saturated heterocycles. The fourth-order valence-corrected chi connectivity index (χ4v) is 1.52. The van der Waals surface area contributed by atoms with Crippen molar-refractivity contribution in [1.82, 2.24) is 19.7 Å². The van der Waals surface area contributed by atoms with E-state index in [-0.39, 0.29) is 29.5 Å². The third-order valence-corrected chi connectivity index (χ3v) is 2.51. The Morgan fingerprint density at radius 2 is 2.10 bits per heavy atom. The maximum absolute atomic E-state index is 11.8. The lowest BCUT2D eigenvalue weighted by atomic mass is 10.2. The predicted molar refractivity (Wildman–Crippen MR) is 70.9 cm³/mol. The lowest BCUT2D eigenvalue weighted by Crippen LogP contribution is -2.11. The van der Waals surface area contributed by atoms with Crippen LogP contribution < -0.4 is 5.73 Å². The molecule has 0 fully saturated rings. The van der Waals surface area contributed by atoms with Gasteiger partial charge in [0.05, 0.1) is 31.2 Å². The number of rotatable bonds is 4. The average molecular weight is 291 g/mol. The molecule has 0 radical (unpaired) electrons. The van der Waals surface area contributed by atoms with Gasteiger partial charge in [-0.15, -0.1) is 5.10 Å². The Bertz CT molecular complexity index is 682. The number of hydrogen-bond acceptors (Lipinski definition) is 8. The van der Waals surface area contributed by atoms with Gasteiger partial charge in [-0.2, -0.15) is 0 Å². The molecular formula is C12H13N5O4. The van der Waals surface area contributed by atoms with Crippen LogP contribution in [-0.4, -0.2) is 45.4 Å². The molecule has 21 heavy (non-hydrogen) atoms. The van der Waals surface area contributed by atoms with E-state index in [1.54, 1.807) is 6.92 Å². The third-order valence-electron chi connectivity index (χ3n) is 2.51. The summed E-state index contributed by atoms with van der Waals surface area (Å²) in [6.07, 6.45) is 2.58. The quantitative estimate of drug-likeness (QED) is 0.793. The molecule has 2 aromatic heterocycles. The highest BCUT2D eigenvalue weighted by Crippen LogP contribution is 2.15. The number of anilines is 1. The van der Waals surface area contributed by atoms with Crippen molar-refractivity contribution in [3.05, 3.63) is 30.0 Å². The zero-order valence-electron chi connectivity index (χ0n) is 11.4. The minimum absolute atomic E-state index is 0.117. The summed E-state index contributed by atoms with van der Waals surface area (Å²) >= 11 is 0. The molecular weight excluding hydrogens is 278 g/mol. The first-order valence-electron chi connectivity index (χ1n) is 5.99. The van der Waals surface area contributed by atoms with Crippen molar-refractivity contribution < 1.29 is 19.1 Å². The first-order chi connectivity index (χ1) is 10.1. The van der Waals surface area contributed by atoms with Crippen molar-refractivity contribution in [2.24, 2.45) is 0 Å². The first kappa shape index (κ1) is 14.4. The zero-order valence-corrected chi connectivity index (χ0v) is 11.4. The summed E-state index contributed by atoms with van der Waals surface area (Å²) in [5, 5.41) is 3.90. The molecule has 0 spiro atoms. The molecule has 2 heterocycles. The number of nitrogens with two attached hydrogens (primary N) is 1. The van der Waals surface area contributed by atoms with Gasteiger partial charge in [0.2, 0.25) is 0 Å². The molecule has 9 nitrogen and oxygen atoms in total. The van der Waals surface area contributed by atoms with Crippen LogP contribution in [0, 0.1) is 0 Å². The lowest BCUT2D eigenvalue weighted by molar-refractivity contribution is 0.0526. The summed E-state index contributed by atoms with van der Waals surface area (Å²) in [4.78, 5) is 30.9. The predicted octanol–water partition coefficient (Wildman–Crippen LogP) is 0.208. The molecule has 110 valence electrons. The van der Waals surface area contributed by atoms with Gasteiger partial charge in [-0.05, 0) is 13.0 Å². The number of hydrogen-bond donors (Lipinski definition) is 1. The maximum Gasteiger partial charge on any atom is 0.377 e. The largest absolute Gasteiger partial charge is 0.463 e. The highest BCUT2D eigenvalue weighted by atomic mass is 16.5. The SMILES string of the molecule is CCOC(=O)c1cc(-n2cnc(C(=O)OC)n2)ncc1N. The lowest BCUT2D eigenvalue weighted by Gasteiger charge is -2.06. The fourth-order valence-electron chi connectivity index (χ4n) is 1.52. The van der Waals surface area contributed by atoms with Crippen molar-refractivity contribution in [3.8, 4) is 5.82 Å². The topological polar surface area (TPSA) is 122 Å². The van der Waals surface area contributed by atoms with Crippen LogP contribution in [0.5, 0.6) is 0 Å². The highest BCUT2D eigenvalue weighted by molar-refractivity contribution is 5.95. The van der Waals surface area contributed by atoms with Crippen molar-refractivity contribution in [2.75, 3.05) is 19.5 Å². The van der Waals surface area contributed by atoms with Crippen molar-refractivity contribution in [3.63, 3.8) is 0 Å². The van der Waals surface area contributed by atoms with Crippen LogP contribution in [0.15, 0.2) is 18.6 Å². The van der Waals surface area contributed by atoms with Crippen molar-refractivity contribution >= 4 is 17.6 Å². The van der Waals surface area contributed by atoms with E-state index >= 15 is 0 Å². The molecule has 0 amide bonds. The standard InChI is InChI=1S/C12H13N5O4/c1-3-21-11(18)7-4-9(14-5-8(7)13)17-6-15-10(16-17)12(19)20-2/h4-6H,3,13H2,1-2H3. The average Bonchev–Trinajstić information content (AvgIpc) is 2.97. The number of pyridine rings is 1. The molecule has 0 unspecified atom stereocenters. The number of esters is 2. The van der Waals surface area contributed by atoms with Gasteiger partial charge in [0.1, 0.15) is 6.33 Å². The molecule has 0 bridgehead atoms. The second kappa shape index (κ2) is 5.99. The first-order valence-corrected chi connectivity index (χ1v) is 5.99. The van der Waals surface area contributed by atoms with Gasteiger partial charge in [0.25, 0.3) is 5.82 Å². The summed E-state index contributed by atoms with van der Waals surface area (Å²) in [6.45, 7) is 1.92. The maximum atomic E-state index is 11.8. The highest BCUT2D eigenvalue weighted by Gasteiger charge is 2.16. The third kappa shape index (κ3) is 2.96. The van der Waals surface area contributed by atoms with Crippen LogP contribution >= 0.6 is 0 Å². The molecule has 0 saturated carbocycles. The summed E-state index contributed by atoms with van der Waals surface area (Å²) in [7, 11) is 1.23. The number of methoxy groups -OCH3 is 1. The summed E-state index contributed by atoms with van der Waals surface area (Å²) < 4.78 is 10.6. The Labute approximate surface area is 119 Å². The van der Waals surface area contributed by atoms with Crippen LogP contribution in [0.2, 0.25) is 0 Å². The van der Waals surface area contributed by atoms with Crippen molar-refractivity contribution in [1.29, 1.82) is 0 Å². The Morgan fingerprint density at radius 1 is 1.33 bits per heavy atom. The molecule has 0 aliphatic rings. The van der Waals surface area contributed by atoms with E-state index in [9.17, 15) is 9.59 Å². The number of carbonyl (C=O) groups is 2. The summed E-state index contributed by atoms with van der Waals surface area (Å²) in [5.74, 6) is -1.08. The molecule has 2 rings (SSSR count).